The summed E-state index contributed by atoms with van der Waals surface area (Å²) in [6.45, 7) is 5.27. The summed E-state index contributed by atoms with van der Waals surface area (Å²) in [7, 11) is 0. The van der Waals surface area contributed by atoms with Gasteiger partial charge in [0.05, 0.1) is 17.4 Å². The van der Waals surface area contributed by atoms with E-state index in [1.165, 1.54) is 22.2 Å². The van der Waals surface area contributed by atoms with Gasteiger partial charge >= 0.3 is 0 Å². The van der Waals surface area contributed by atoms with Gasteiger partial charge in [-0.2, -0.15) is 0 Å². The molecule has 0 bridgehead atoms. The maximum atomic E-state index is 4.50. The summed E-state index contributed by atoms with van der Waals surface area (Å²) >= 11 is 0. The zero-order chi connectivity index (χ0) is 13.2. The fraction of sp³-hybridized carbons (Fsp3) is 0.235. The van der Waals surface area contributed by atoms with Crippen LogP contribution < -0.4 is 0 Å². The highest BCUT2D eigenvalue weighted by Crippen LogP contribution is 2.18. The lowest BCUT2D eigenvalue weighted by Gasteiger charge is -2.06. The van der Waals surface area contributed by atoms with Crippen molar-refractivity contribution in [1.82, 2.24) is 9.55 Å². The third-order valence-electron chi connectivity index (χ3n) is 3.72. The van der Waals surface area contributed by atoms with Crippen LogP contribution in [0.3, 0.4) is 0 Å². The number of imidazole rings is 1. The van der Waals surface area contributed by atoms with Gasteiger partial charge in [0.2, 0.25) is 0 Å². The maximum Gasteiger partial charge on any atom is 0.0958 e. The zero-order valence-electron chi connectivity index (χ0n) is 11.4. The molecule has 0 N–H and O–H groups in total. The van der Waals surface area contributed by atoms with Crippen molar-refractivity contribution >= 4 is 11.0 Å². The van der Waals surface area contributed by atoms with Crippen LogP contribution in [0.2, 0.25) is 0 Å². The number of nitrogens with zero attached hydrogens (tertiary/aromatic N) is 2. The van der Waals surface area contributed by atoms with Crippen LogP contribution in [-0.2, 0) is 13.0 Å². The van der Waals surface area contributed by atoms with E-state index in [1.807, 2.05) is 6.33 Å². The third kappa shape index (κ3) is 2.39. The van der Waals surface area contributed by atoms with Gasteiger partial charge in [0.25, 0.3) is 0 Å². The van der Waals surface area contributed by atoms with Gasteiger partial charge in [0.1, 0.15) is 0 Å². The summed E-state index contributed by atoms with van der Waals surface area (Å²) in [5.41, 5.74) is 6.33. The number of aryl methyl sites for hydroxylation is 4. The molecule has 0 aliphatic rings. The largest absolute Gasteiger partial charge is 0.330 e. The Labute approximate surface area is 113 Å². The summed E-state index contributed by atoms with van der Waals surface area (Å²) in [5.74, 6) is 0. The lowest BCUT2D eigenvalue weighted by atomic mass is 10.1. The first-order valence-electron chi connectivity index (χ1n) is 6.70. The van der Waals surface area contributed by atoms with E-state index >= 15 is 0 Å². The molecule has 2 heteroatoms. The summed E-state index contributed by atoms with van der Waals surface area (Å²) in [4.78, 5) is 4.50. The Kier molecular flexibility index (Phi) is 3.08. The first-order chi connectivity index (χ1) is 9.24. The zero-order valence-corrected chi connectivity index (χ0v) is 11.4. The quantitative estimate of drug-likeness (QED) is 0.689. The number of benzene rings is 2. The van der Waals surface area contributed by atoms with Crippen LogP contribution in [0.4, 0.5) is 0 Å². The predicted octanol–water partition coefficient (Wildman–Crippen LogP) is 3.90. The van der Waals surface area contributed by atoms with Gasteiger partial charge in [-0.1, -0.05) is 30.3 Å². The van der Waals surface area contributed by atoms with Crippen LogP contribution >= 0.6 is 0 Å². The van der Waals surface area contributed by atoms with Gasteiger partial charge in [-0.05, 0) is 49.1 Å². The highest BCUT2D eigenvalue weighted by Gasteiger charge is 2.05. The fourth-order valence-electron chi connectivity index (χ4n) is 2.39. The highest BCUT2D eigenvalue weighted by molar-refractivity contribution is 5.77. The molecule has 1 heterocycles. The van der Waals surface area contributed by atoms with Crippen molar-refractivity contribution in [2.45, 2.75) is 26.8 Å². The maximum absolute atomic E-state index is 4.50. The van der Waals surface area contributed by atoms with E-state index < -0.39 is 0 Å². The topological polar surface area (TPSA) is 17.8 Å². The van der Waals surface area contributed by atoms with Crippen molar-refractivity contribution in [3.05, 3.63) is 65.5 Å². The number of rotatable bonds is 3. The first-order valence-corrected chi connectivity index (χ1v) is 6.70. The molecular formula is C17H18N2. The Morgan fingerprint density at radius 2 is 1.74 bits per heavy atom. The molecule has 0 amide bonds. The smallest absolute Gasteiger partial charge is 0.0958 e. The molecule has 1 aromatic heterocycles. The average Bonchev–Trinajstić information content (AvgIpc) is 2.80. The molecule has 0 fully saturated rings. The molecule has 2 aromatic carbocycles. The van der Waals surface area contributed by atoms with Crippen LogP contribution in [0, 0.1) is 13.8 Å². The van der Waals surface area contributed by atoms with E-state index in [0.29, 0.717) is 0 Å². The van der Waals surface area contributed by atoms with Crippen LogP contribution in [0.5, 0.6) is 0 Å². The SMILES string of the molecule is Cc1cc2ncn(CCc3ccccc3)c2cc1C. The van der Waals surface area contributed by atoms with E-state index in [2.05, 4.69) is 65.9 Å². The Morgan fingerprint density at radius 1 is 1.00 bits per heavy atom. The van der Waals surface area contributed by atoms with Crippen molar-refractivity contribution in [2.24, 2.45) is 0 Å². The summed E-state index contributed by atoms with van der Waals surface area (Å²) < 4.78 is 2.24. The third-order valence-corrected chi connectivity index (χ3v) is 3.72. The molecule has 3 aromatic rings. The minimum absolute atomic E-state index is 0.975. The van der Waals surface area contributed by atoms with Crippen LogP contribution in [0.25, 0.3) is 11.0 Å². The minimum atomic E-state index is 0.975. The van der Waals surface area contributed by atoms with E-state index in [0.717, 1.165) is 18.5 Å². The van der Waals surface area contributed by atoms with Crippen molar-refractivity contribution in [3.8, 4) is 0 Å². The Morgan fingerprint density at radius 3 is 2.53 bits per heavy atom. The number of aromatic nitrogens is 2. The van der Waals surface area contributed by atoms with Crippen molar-refractivity contribution in [1.29, 1.82) is 0 Å². The summed E-state index contributed by atoms with van der Waals surface area (Å²) in [6, 6.07) is 15.0. The minimum Gasteiger partial charge on any atom is -0.330 e. The van der Waals surface area contributed by atoms with Gasteiger partial charge in [-0.15, -0.1) is 0 Å². The predicted molar refractivity (Wildman–Crippen MR) is 79.4 cm³/mol. The molecular weight excluding hydrogens is 232 g/mol. The molecule has 0 saturated heterocycles. The van der Waals surface area contributed by atoms with E-state index in [9.17, 15) is 0 Å². The normalized spacial score (nSPS) is 11.1. The van der Waals surface area contributed by atoms with E-state index in [-0.39, 0.29) is 0 Å². The summed E-state index contributed by atoms with van der Waals surface area (Å²) in [5, 5.41) is 0. The van der Waals surface area contributed by atoms with Gasteiger partial charge < -0.3 is 4.57 Å². The van der Waals surface area contributed by atoms with Crippen LogP contribution in [0.15, 0.2) is 48.8 Å². The highest BCUT2D eigenvalue weighted by atomic mass is 15.0. The number of hydrogen-bond donors (Lipinski definition) is 0. The first kappa shape index (κ1) is 12.0. The lowest BCUT2D eigenvalue weighted by molar-refractivity contribution is 0.715. The Balaban J connectivity index is 1.87. The molecule has 0 saturated carbocycles. The number of fused-ring (bicyclic) bond motifs is 1. The second-order valence-electron chi connectivity index (χ2n) is 5.10. The molecule has 0 spiro atoms. The van der Waals surface area contributed by atoms with Gasteiger partial charge in [0.15, 0.2) is 0 Å². The molecule has 96 valence electrons. The molecule has 0 aliphatic heterocycles. The monoisotopic (exact) mass is 250 g/mol. The molecule has 0 radical (unpaired) electrons. The van der Waals surface area contributed by atoms with Gasteiger partial charge in [-0.3, -0.25) is 0 Å². The van der Waals surface area contributed by atoms with Gasteiger partial charge in [-0.25, -0.2) is 4.98 Å². The molecule has 0 aliphatic carbocycles. The van der Waals surface area contributed by atoms with Crippen molar-refractivity contribution in [2.75, 3.05) is 0 Å². The molecule has 2 nitrogen and oxygen atoms in total. The Bertz CT molecular complexity index is 696. The molecule has 3 rings (SSSR count). The second kappa shape index (κ2) is 4.88. The lowest BCUT2D eigenvalue weighted by Crippen LogP contribution is -2.00. The molecule has 0 unspecified atom stereocenters. The summed E-state index contributed by atoms with van der Waals surface area (Å²) in [6.07, 6.45) is 2.99. The second-order valence-corrected chi connectivity index (χ2v) is 5.10. The number of hydrogen-bond acceptors (Lipinski definition) is 1. The molecule has 0 atom stereocenters. The van der Waals surface area contributed by atoms with E-state index in [1.54, 1.807) is 0 Å². The van der Waals surface area contributed by atoms with Crippen molar-refractivity contribution in [3.63, 3.8) is 0 Å². The standard InChI is InChI=1S/C17H18N2/c1-13-10-16-17(11-14(13)2)19(12-18-16)9-8-15-6-4-3-5-7-15/h3-7,10-12H,8-9H2,1-2H3. The van der Waals surface area contributed by atoms with Crippen LogP contribution in [-0.4, -0.2) is 9.55 Å². The van der Waals surface area contributed by atoms with Crippen LogP contribution in [0.1, 0.15) is 16.7 Å². The average molecular weight is 250 g/mol. The van der Waals surface area contributed by atoms with E-state index in [4.69, 9.17) is 0 Å². The fourth-order valence-corrected chi connectivity index (χ4v) is 2.39. The van der Waals surface area contributed by atoms with Gasteiger partial charge in [0, 0.05) is 6.54 Å². The Hall–Kier alpha value is -2.09. The molecule has 19 heavy (non-hydrogen) atoms. The van der Waals surface area contributed by atoms with Crippen molar-refractivity contribution < 1.29 is 0 Å².